The van der Waals surface area contributed by atoms with Crippen LogP contribution in [0.25, 0.3) is 10.9 Å². The molecule has 0 bridgehead atoms. The predicted molar refractivity (Wildman–Crippen MR) is 105 cm³/mol. The van der Waals surface area contributed by atoms with Gasteiger partial charge in [-0.3, -0.25) is 14.2 Å². The number of aromatic nitrogens is 1. The van der Waals surface area contributed by atoms with E-state index in [1.54, 1.807) is 39.0 Å². The molecule has 0 aliphatic rings. The minimum absolute atomic E-state index is 0.211. The van der Waals surface area contributed by atoms with Crippen molar-refractivity contribution in [1.29, 1.82) is 0 Å². The van der Waals surface area contributed by atoms with Crippen molar-refractivity contribution >= 4 is 34.4 Å². The number of fused-ring (bicyclic) bond motifs is 1. The second-order valence-corrected chi connectivity index (χ2v) is 6.88. The Morgan fingerprint density at radius 2 is 2.00 bits per heavy atom. The molecule has 0 spiro atoms. The molecule has 1 aromatic heterocycles. The summed E-state index contributed by atoms with van der Waals surface area (Å²) < 4.78 is 20.5. The predicted octanol–water partition coefficient (Wildman–Crippen LogP) is 4.80. The van der Waals surface area contributed by atoms with Gasteiger partial charge in [0.1, 0.15) is 0 Å². The molecule has 1 N–H and O–H groups in total. The van der Waals surface area contributed by atoms with Gasteiger partial charge in [-0.1, -0.05) is 17.7 Å². The van der Waals surface area contributed by atoms with Crippen molar-refractivity contribution in [2.45, 2.75) is 26.7 Å². The first-order chi connectivity index (χ1) is 13.3. The number of carbonyl (C=O) groups is 2. The second-order valence-electron chi connectivity index (χ2n) is 6.44. The van der Waals surface area contributed by atoms with Gasteiger partial charge in [-0.05, 0) is 50.6 Å². The van der Waals surface area contributed by atoms with Crippen molar-refractivity contribution in [2.24, 2.45) is 0 Å². The van der Waals surface area contributed by atoms with E-state index in [1.807, 2.05) is 0 Å². The average Bonchev–Trinajstić information content (AvgIpc) is 2.92. The molecule has 0 aliphatic carbocycles. The van der Waals surface area contributed by atoms with Crippen LogP contribution in [0, 0.1) is 12.7 Å². The van der Waals surface area contributed by atoms with Crippen LogP contribution in [0.2, 0.25) is 5.02 Å². The van der Waals surface area contributed by atoms with Crippen LogP contribution < -0.4 is 0 Å². The molecule has 0 radical (unpaired) electrons. The van der Waals surface area contributed by atoms with Crippen molar-refractivity contribution in [3.05, 3.63) is 64.1 Å². The van der Waals surface area contributed by atoms with Gasteiger partial charge in [-0.2, -0.15) is 0 Å². The molecular weight excluding hydrogens is 385 g/mol. The van der Waals surface area contributed by atoms with Crippen molar-refractivity contribution in [2.75, 3.05) is 6.61 Å². The standard InChI is InChI=1S/C21H19ClFNO4/c1-4-28-21(27)11(2)19-12(3)24(17-10-16(23)18(25)9-15(17)19)20(26)13-6-5-7-14(22)8-13/h5-11,25H,4H2,1-3H3/t11-/m1/s1. The highest BCUT2D eigenvalue weighted by molar-refractivity contribution is 6.31. The maximum atomic E-state index is 14.1. The summed E-state index contributed by atoms with van der Waals surface area (Å²) >= 11 is 6.00. The third-order valence-corrected chi connectivity index (χ3v) is 4.90. The molecule has 5 nitrogen and oxygen atoms in total. The van der Waals surface area contributed by atoms with E-state index in [1.165, 1.54) is 16.7 Å². The number of ether oxygens (including phenoxy) is 1. The van der Waals surface area contributed by atoms with E-state index in [-0.39, 0.29) is 12.1 Å². The van der Waals surface area contributed by atoms with Crippen molar-refractivity contribution in [3.8, 4) is 5.75 Å². The number of nitrogens with zero attached hydrogens (tertiary/aromatic N) is 1. The Morgan fingerprint density at radius 1 is 1.29 bits per heavy atom. The lowest BCUT2D eigenvalue weighted by molar-refractivity contribution is -0.144. The van der Waals surface area contributed by atoms with E-state index >= 15 is 0 Å². The number of phenols is 1. The molecular formula is C21H19ClFNO4. The molecule has 0 fully saturated rings. The zero-order chi connectivity index (χ0) is 20.6. The first-order valence-electron chi connectivity index (χ1n) is 8.76. The highest BCUT2D eigenvalue weighted by atomic mass is 35.5. The minimum Gasteiger partial charge on any atom is -0.505 e. The van der Waals surface area contributed by atoms with Crippen LogP contribution in [0.5, 0.6) is 5.75 Å². The van der Waals surface area contributed by atoms with Gasteiger partial charge >= 0.3 is 5.97 Å². The summed E-state index contributed by atoms with van der Waals surface area (Å²) in [4.78, 5) is 25.5. The minimum atomic E-state index is -0.861. The van der Waals surface area contributed by atoms with Crippen LogP contribution in [-0.2, 0) is 9.53 Å². The van der Waals surface area contributed by atoms with Crippen molar-refractivity contribution < 1.29 is 23.8 Å². The molecule has 2 aromatic carbocycles. The summed E-state index contributed by atoms with van der Waals surface area (Å²) in [6, 6.07) is 8.72. The number of hydrogen-bond donors (Lipinski definition) is 1. The third kappa shape index (κ3) is 3.36. The van der Waals surface area contributed by atoms with Gasteiger partial charge in [0, 0.05) is 27.7 Å². The molecule has 28 heavy (non-hydrogen) atoms. The number of aromatic hydroxyl groups is 1. The highest BCUT2D eigenvalue weighted by Gasteiger charge is 2.28. The summed E-state index contributed by atoms with van der Waals surface area (Å²) in [7, 11) is 0. The van der Waals surface area contributed by atoms with Gasteiger partial charge in [-0.25, -0.2) is 4.39 Å². The molecule has 0 saturated carbocycles. The molecule has 3 rings (SSSR count). The van der Waals surface area contributed by atoms with E-state index in [9.17, 15) is 19.1 Å². The number of phenolic OH excluding ortho intramolecular Hbond substituents is 1. The number of rotatable bonds is 4. The topological polar surface area (TPSA) is 68.5 Å². The van der Waals surface area contributed by atoms with E-state index in [0.717, 1.165) is 6.07 Å². The lowest BCUT2D eigenvalue weighted by Gasteiger charge is -2.12. The first-order valence-corrected chi connectivity index (χ1v) is 9.14. The normalized spacial score (nSPS) is 12.2. The van der Waals surface area contributed by atoms with Gasteiger partial charge < -0.3 is 9.84 Å². The summed E-state index contributed by atoms with van der Waals surface area (Å²) in [6.45, 7) is 5.23. The van der Waals surface area contributed by atoms with Crippen LogP contribution in [0.1, 0.15) is 41.4 Å². The Balaban J connectivity index is 2.28. The SMILES string of the molecule is CCOC(=O)[C@H](C)c1c(C)n(C(=O)c2cccc(Cl)c2)c2cc(F)c(O)cc12. The van der Waals surface area contributed by atoms with E-state index in [2.05, 4.69) is 0 Å². The molecule has 7 heteroatoms. The number of halogens is 2. The largest absolute Gasteiger partial charge is 0.505 e. The monoisotopic (exact) mass is 403 g/mol. The summed E-state index contributed by atoms with van der Waals surface area (Å²) in [5.74, 6) is -3.01. The highest BCUT2D eigenvalue weighted by Crippen LogP contribution is 2.36. The Bertz CT molecular complexity index is 1090. The van der Waals surface area contributed by atoms with Crippen LogP contribution in [0.4, 0.5) is 4.39 Å². The Hall–Kier alpha value is -2.86. The van der Waals surface area contributed by atoms with Gasteiger partial charge in [0.25, 0.3) is 5.91 Å². The number of hydrogen-bond acceptors (Lipinski definition) is 4. The maximum Gasteiger partial charge on any atom is 0.313 e. The zero-order valence-corrected chi connectivity index (χ0v) is 16.4. The van der Waals surface area contributed by atoms with Gasteiger partial charge in [-0.15, -0.1) is 0 Å². The first kappa shape index (κ1) is 19.9. The Labute approximate surface area is 166 Å². The number of carbonyl (C=O) groups excluding carboxylic acids is 2. The number of benzene rings is 2. The molecule has 0 amide bonds. The quantitative estimate of drug-likeness (QED) is 0.635. The second kappa shape index (κ2) is 7.64. The molecule has 0 saturated heterocycles. The smallest absolute Gasteiger partial charge is 0.313 e. The fraction of sp³-hybridized carbons (Fsp3) is 0.238. The molecule has 3 aromatic rings. The van der Waals surface area contributed by atoms with Gasteiger partial charge in [0.05, 0.1) is 18.0 Å². The van der Waals surface area contributed by atoms with Gasteiger partial charge in [0.2, 0.25) is 0 Å². The molecule has 0 unspecified atom stereocenters. The molecule has 0 aliphatic heterocycles. The van der Waals surface area contributed by atoms with Gasteiger partial charge in [0.15, 0.2) is 11.6 Å². The summed E-state index contributed by atoms with van der Waals surface area (Å²) in [5.41, 5.74) is 1.53. The number of esters is 1. The molecule has 1 heterocycles. The lowest BCUT2D eigenvalue weighted by atomic mass is 9.98. The van der Waals surface area contributed by atoms with Crippen LogP contribution >= 0.6 is 11.6 Å². The van der Waals surface area contributed by atoms with E-state index in [4.69, 9.17) is 16.3 Å². The fourth-order valence-electron chi connectivity index (χ4n) is 3.39. The summed E-state index contributed by atoms with van der Waals surface area (Å²) in [5, 5.41) is 10.7. The Kier molecular flexibility index (Phi) is 5.42. The van der Waals surface area contributed by atoms with Crippen LogP contribution in [-0.4, -0.2) is 28.2 Å². The third-order valence-electron chi connectivity index (χ3n) is 4.67. The Morgan fingerprint density at radius 3 is 2.64 bits per heavy atom. The van der Waals surface area contributed by atoms with Crippen LogP contribution in [0.15, 0.2) is 36.4 Å². The fourth-order valence-corrected chi connectivity index (χ4v) is 3.58. The van der Waals surface area contributed by atoms with E-state index in [0.29, 0.717) is 27.2 Å². The molecule has 1 atom stereocenters. The summed E-state index contributed by atoms with van der Waals surface area (Å²) in [6.07, 6.45) is 0. The van der Waals surface area contributed by atoms with Crippen LogP contribution in [0.3, 0.4) is 0 Å². The van der Waals surface area contributed by atoms with Crippen molar-refractivity contribution in [3.63, 3.8) is 0 Å². The average molecular weight is 404 g/mol. The molecule has 146 valence electrons. The van der Waals surface area contributed by atoms with E-state index < -0.39 is 29.4 Å². The lowest BCUT2D eigenvalue weighted by Crippen LogP contribution is -2.16. The zero-order valence-electron chi connectivity index (χ0n) is 15.6. The van der Waals surface area contributed by atoms with Crippen molar-refractivity contribution in [1.82, 2.24) is 4.57 Å². The maximum absolute atomic E-state index is 14.1.